The molecule has 0 bridgehead atoms. The molecule has 1 aliphatic carbocycles. The molecule has 0 saturated heterocycles. The molecule has 1 unspecified atom stereocenters. The van der Waals surface area contributed by atoms with Gasteiger partial charge in [-0.3, -0.25) is 0 Å². The van der Waals surface area contributed by atoms with Crippen molar-refractivity contribution in [3.8, 4) is 0 Å². The first-order chi connectivity index (χ1) is 4.66. The molecule has 3 heteroatoms. The zero-order chi connectivity index (χ0) is 7.61. The van der Waals surface area contributed by atoms with Gasteiger partial charge in [-0.05, 0) is 12.2 Å². The van der Waals surface area contributed by atoms with Crippen LogP contribution in [0.15, 0.2) is 24.1 Å². The molecular formula is C7H7ClF2. The standard InChI is InChI=1S/C7H7ClF2/c8-5-7(10)3-1-2-6(9)4-7/h1-2,4H,3,5H2. The second-order valence-electron chi connectivity index (χ2n) is 2.30. The van der Waals surface area contributed by atoms with Gasteiger partial charge in [0, 0.05) is 6.42 Å². The maximum atomic E-state index is 13.1. The predicted molar refractivity (Wildman–Crippen MR) is 37.5 cm³/mol. The van der Waals surface area contributed by atoms with E-state index < -0.39 is 11.5 Å². The quantitative estimate of drug-likeness (QED) is 0.523. The van der Waals surface area contributed by atoms with Crippen LogP contribution in [0.2, 0.25) is 0 Å². The van der Waals surface area contributed by atoms with Crippen molar-refractivity contribution < 1.29 is 8.78 Å². The molecule has 0 N–H and O–H groups in total. The van der Waals surface area contributed by atoms with Crippen LogP contribution in [0, 0.1) is 0 Å². The number of allylic oxidation sites excluding steroid dienone is 4. The fraction of sp³-hybridized carbons (Fsp3) is 0.429. The van der Waals surface area contributed by atoms with Crippen LogP contribution >= 0.6 is 11.6 Å². The molecule has 0 heterocycles. The molecular weight excluding hydrogens is 158 g/mol. The Kier molecular flexibility index (Phi) is 2.09. The van der Waals surface area contributed by atoms with E-state index in [-0.39, 0.29) is 12.3 Å². The lowest BCUT2D eigenvalue weighted by Gasteiger charge is -2.18. The molecule has 0 nitrogen and oxygen atoms in total. The topological polar surface area (TPSA) is 0 Å². The van der Waals surface area contributed by atoms with E-state index in [1.54, 1.807) is 0 Å². The van der Waals surface area contributed by atoms with E-state index in [0.717, 1.165) is 6.08 Å². The van der Waals surface area contributed by atoms with Crippen LogP contribution in [0.4, 0.5) is 8.78 Å². The van der Waals surface area contributed by atoms with E-state index in [2.05, 4.69) is 0 Å². The van der Waals surface area contributed by atoms with Gasteiger partial charge in [-0.25, -0.2) is 8.78 Å². The van der Waals surface area contributed by atoms with Crippen LogP contribution in [-0.2, 0) is 0 Å². The third-order valence-electron chi connectivity index (χ3n) is 1.35. The second kappa shape index (κ2) is 2.70. The summed E-state index contributed by atoms with van der Waals surface area (Å²) < 4.78 is 25.4. The summed E-state index contributed by atoms with van der Waals surface area (Å²) in [6.07, 6.45) is 3.77. The average molecular weight is 165 g/mol. The van der Waals surface area contributed by atoms with Gasteiger partial charge < -0.3 is 0 Å². The zero-order valence-corrected chi connectivity index (χ0v) is 6.04. The Balaban J connectivity index is 2.76. The Morgan fingerprint density at radius 2 is 2.40 bits per heavy atom. The van der Waals surface area contributed by atoms with E-state index >= 15 is 0 Å². The first kappa shape index (κ1) is 7.73. The molecule has 1 rings (SSSR count). The lowest BCUT2D eigenvalue weighted by molar-refractivity contribution is 0.258. The summed E-state index contributed by atoms with van der Waals surface area (Å²) in [6.45, 7) is 0. The van der Waals surface area contributed by atoms with Crippen LogP contribution in [0.25, 0.3) is 0 Å². The molecule has 1 atom stereocenters. The molecule has 0 aromatic rings. The van der Waals surface area contributed by atoms with Crippen LogP contribution in [0.1, 0.15) is 6.42 Å². The molecule has 0 spiro atoms. The summed E-state index contributed by atoms with van der Waals surface area (Å²) in [5.41, 5.74) is -1.67. The highest BCUT2D eigenvalue weighted by Gasteiger charge is 2.27. The molecule has 56 valence electrons. The Hall–Kier alpha value is -0.370. The highest BCUT2D eigenvalue weighted by Crippen LogP contribution is 2.26. The molecule has 0 radical (unpaired) electrons. The maximum Gasteiger partial charge on any atom is 0.149 e. The molecule has 0 aromatic carbocycles. The monoisotopic (exact) mass is 164 g/mol. The predicted octanol–water partition coefficient (Wildman–Crippen LogP) is 2.75. The van der Waals surface area contributed by atoms with Gasteiger partial charge in [0.05, 0.1) is 5.88 Å². The van der Waals surface area contributed by atoms with Crippen LogP contribution in [-0.4, -0.2) is 11.5 Å². The Morgan fingerprint density at radius 1 is 1.70 bits per heavy atom. The smallest absolute Gasteiger partial charge is 0.149 e. The Labute approximate surface area is 63.2 Å². The molecule has 0 saturated carbocycles. The lowest BCUT2D eigenvalue weighted by atomic mass is 9.99. The lowest BCUT2D eigenvalue weighted by Crippen LogP contribution is -2.22. The second-order valence-corrected chi connectivity index (χ2v) is 2.57. The fourth-order valence-electron chi connectivity index (χ4n) is 0.815. The van der Waals surface area contributed by atoms with Crippen molar-refractivity contribution in [2.24, 2.45) is 0 Å². The third-order valence-corrected chi connectivity index (χ3v) is 1.80. The van der Waals surface area contributed by atoms with Gasteiger partial charge in [0.2, 0.25) is 0 Å². The van der Waals surface area contributed by atoms with Crippen molar-refractivity contribution in [3.63, 3.8) is 0 Å². The van der Waals surface area contributed by atoms with E-state index in [4.69, 9.17) is 11.6 Å². The van der Waals surface area contributed by atoms with Crippen molar-refractivity contribution in [2.45, 2.75) is 12.1 Å². The molecule has 0 aliphatic heterocycles. The minimum Gasteiger partial charge on any atom is -0.238 e. The van der Waals surface area contributed by atoms with Crippen molar-refractivity contribution in [2.75, 3.05) is 5.88 Å². The number of alkyl halides is 2. The summed E-state index contributed by atoms with van der Waals surface area (Å²) >= 11 is 5.27. The van der Waals surface area contributed by atoms with Gasteiger partial charge >= 0.3 is 0 Å². The maximum absolute atomic E-state index is 13.1. The van der Waals surface area contributed by atoms with Gasteiger partial charge in [0.1, 0.15) is 11.5 Å². The molecule has 0 amide bonds. The first-order valence-corrected chi connectivity index (χ1v) is 3.49. The van der Waals surface area contributed by atoms with Crippen molar-refractivity contribution in [1.29, 1.82) is 0 Å². The average Bonchev–Trinajstić information content (AvgIpc) is 1.88. The van der Waals surface area contributed by atoms with Crippen molar-refractivity contribution in [3.05, 3.63) is 24.1 Å². The summed E-state index contributed by atoms with van der Waals surface area (Å²) in [6, 6.07) is 0. The highest BCUT2D eigenvalue weighted by atomic mass is 35.5. The third kappa shape index (κ3) is 1.57. The Morgan fingerprint density at radius 3 is 2.80 bits per heavy atom. The number of hydrogen-bond acceptors (Lipinski definition) is 0. The van der Waals surface area contributed by atoms with Crippen LogP contribution < -0.4 is 0 Å². The Bertz CT molecular complexity index is 186. The summed E-state index contributed by atoms with van der Waals surface area (Å²) in [7, 11) is 0. The highest BCUT2D eigenvalue weighted by molar-refractivity contribution is 6.18. The largest absolute Gasteiger partial charge is 0.238 e. The number of halogens is 3. The van der Waals surface area contributed by atoms with Crippen molar-refractivity contribution >= 4 is 11.6 Å². The molecule has 0 aromatic heterocycles. The van der Waals surface area contributed by atoms with Gasteiger partial charge in [0.25, 0.3) is 0 Å². The SMILES string of the molecule is FC1=CC(F)(CCl)CC=C1. The minimum absolute atomic E-state index is 0.171. The number of hydrogen-bond donors (Lipinski definition) is 0. The van der Waals surface area contributed by atoms with E-state index in [1.807, 2.05) is 0 Å². The minimum atomic E-state index is -1.67. The van der Waals surface area contributed by atoms with Gasteiger partial charge in [-0.15, -0.1) is 11.6 Å². The summed E-state index contributed by atoms with van der Waals surface area (Å²) in [5.74, 6) is -0.737. The fourth-order valence-corrected chi connectivity index (χ4v) is 1.00. The summed E-state index contributed by atoms with van der Waals surface area (Å²) in [4.78, 5) is 0. The van der Waals surface area contributed by atoms with Gasteiger partial charge in [-0.1, -0.05) is 6.08 Å². The van der Waals surface area contributed by atoms with E-state index in [0.29, 0.717) is 0 Å². The first-order valence-electron chi connectivity index (χ1n) is 2.96. The van der Waals surface area contributed by atoms with Crippen molar-refractivity contribution in [1.82, 2.24) is 0 Å². The molecule has 10 heavy (non-hydrogen) atoms. The van der Waals surface area contributed by atoms with Gasteiger partial charge in [-0.2, -0.15) is 0 Å². The van der Waals surface area contributed by atoms with E-state index in [9.17, 15) is 8.78 Å². The normalized spacial score (nSPS) is 32.1. The summed E-state index contributed by atoms with van der Waals surface area (Å²) in [5, 5.41) is 0. The van der Waals surface area contributed by atoms with Gasteiger partial charge in [0.15, 0.2) is 0 Å². The molecule has 1 aliphatic rings. The number of rotatable bonds is 1. The van der Waals surface area contributed by atoms with Crippen LogP contribution in [0.3, 0.4) is 0 Å². The zero-order valence-electron chi connectivity index (χ0n) is 5.28. The molecule has 0 fully saturated rings. The van der Waals surface area contributed by atoms with Crippen LogP contribution in [0.5, 0.6) is 0 Å². The van der Waals surface area contributed by atoms with E-state index in [1.165, 1.54) is 12.2 Å².